The maximum absolute atomic E-state index is 5.83. The highest BCUT2D eigenvalue weighted by molar-refractivity contribution is 5.43. The van der Waals surface area contributed by atoms with Crippen LogP contribution >= 0.6 is 0 Å². The number of nitrogens with two attached hydrogens (primary N) is 1. The quantitative estimate of drug-likeness (QED) is 0.814. The van der Waals surface area contributed by atoms with Crippen molar-refractivity contribution >= 4 is 5.69 Å². The molecule has 0 aromatic heterocycles. The first kappa shape index (κ1) is 11.4. The molecule has 0 amide bonds. The van der Waals surface area contributed by atoms with Gasteiger partial charge in [0, 0.05) is 30.8 Å². The molecule has 1 heterocycles. The molecular formula is C13H20N2O. The standard InChI is InChI=1S/C13H20N2O/c14-9-13(11-5-4-8-16-10-11)15-12-6-2-1-3-7-12/h1-3,6-7,11,13,15H,4-5,8-10,14H2. The summed E-state index contributed by atoms with van der Waals surface area (Å²) in [7, 11) is 0. The van der Waals surface area contributed by atoms with Crippen molar-refractivity contribution in [1.82, 2.24) is 0 Å². The van der Waals surface area contributed by atoms with Gasteiger partial charge < -0.3 is 15.8 Å². The Balaban J connectivity index is 1.94. The fraction of sp³-hybridized carbons (Fsp3) is 0.538. The normalized spacial score (nSPS) is 22.7. The molecule has 0 radical (unpaired) electrons. The average molecular weight is 220 g/mol. The van der Waals surface area contributed by atoms with Crippen molar-refractivity contribution in [3.8, 4) is 0 Å². The molecule has 1 aliphatic rings. The summed E-state index contributed by atoms with van der Waals surface area (Å²) >= 11 is 0. The van der Waals surface area contributed by atoms with E-state index in [2.05, 4.69) is 17.4 Å². The lowest BCUT2D eigenvalue weighted by Gasteiger charge is -2.30. The number of anilines is 1. The summed E-state index contributed by atoms with van der Waals surface area (Å²) < 4.78 is 5.51. The summed E-state index contributed by atoms with van der Waals surface area (Å²) in [6.07, 6.45) is 2.36. The monoisotopic (exact) mass is 220 g/mol. The second-order valence-corrected chi connectivity index (χ2v) is 4.33. The number of para-hydroxylation sites is 1. The SMILES string of the molecule is NCC(Nc1ccccc1)C1CCCOC1. The van der Waals surface area contributed by atoms with E-state index in [4.69, 9.17) is 10.5 Å². The molecule has 0 spiro atoms. The van der Waals surface area contributed by atoms with Crippen LogP contribution in [0.1, 0.15) is 12.8 Å². The molecule has 1 aromatic rings. The Bertz CT molecular complexity index is 296. The summed E-state index contributed by atoms with van der Waals surface area (Å²) in [5, 5.41) is 3.49. The molecule has 1 fully saturated rings. The van der Waals surface area contributed by atoms with Gasteiger partial charge in [-0.05, 0) is 25.0 Å². The van der Waals surface area contributed by atoms with Gasteiger partial charge in [-0.1, -0.05) is 18.2 Å². The van der Waals surface area contributed by atoms with Crippen LogP contribution in [0.25, 0.3) is 0 Å². The number of ether oxygens (including phenoxy) is 1. The lowest BCUT2D eigenvalue weighted by molar-refractivity contribution is 0.0485. The first-order valence-electron chi connectivity index (χ1n) is 5.99. The van der Waals surface area contributed by atoms with Crippen LogP contribution in [-0.4, -0.2) is 25.8 Å². The molecular weight excluding hydrogens is 200 g/mol. The van der Waals surface area contributed by atoms with Crippen LogP contribution in [0, 0.1) is 5.92 Å². The summed E-state index contributed by atoms with van der Waals surface area (Å²) in [6, 6.07) is 10.6. The molecule has 1 saturated heterocycles. The number of rotatable bonds is 4. The summed E-state index contributed by atoms with van der Waals surface area (Å²) in [6.45, 7) is 2.39. The van der Waals surface area contributed by atoms with Crippen LogP contribution in [0.2, 0.25) is 0 Å². The third-order valence-electron chi connectivity index (χ3n) is 3.14. The minimum atomic E-state index is 0.322. The maximum Gasteiger partial charge on any atom is 0.0514 e. The zero-order valence-electron chi connectivity index (χ0n) is 9.56. The molecule has 3 N–H and O–H groups in total. The zero-order valence-corrected chi connectivity index (χ0v) is 9.56. The van der Waals surface area contributed by atoms with Gasteiger partial charge in [-0.2, -0.15) is 0 Å². The van der Waals surface area contributed by atoms with Crippen LogP contribution in [0.3, 0.4) is 0 Å². The summed E-state index contributed by atoms with van der Waals surface area (Å²) in [5.74, 6) is 0.541. The third-order valence-corrected chi connectivity index (χ3v) is 3.14. The van der Waals surface area contributed by atoms with Crippen LogP contribution in [0.15, 0.2) is 30.3 Å². The second kappa shape index (κ2) is 5.87. The van der Waals surface area contributed by atoms with E-state index < -0.39 is 0 Å². The Morgan fingerprint density at radius 3 is 2.81 bits per heavy atom. The van der Waals surface area contributed by atoms with Crippen molar-refractivity contribution in [2.24, 2.45) is 11.7 Å². The highest BCUT2D eigenvalue weighted by Gasteiger charge is 2.22. The molecule has 2 unspecified atom stereocenters. The van der Waals surface area contributed by atoms with E-state index in [9.17, 15) is 0 Å². The Hall–Kier alpha value is -1.06. The highest BCUT2D eigenvalue weighted by atomic mass is 16.5. The third kappa shape index (κ3) is 2.97. The molecule has 1 aromatic carbocycles. The van der Waals surface area contributed by atoms with Crippen molar-refractivity contribution < 1.29 is 4.74 Å². The van der Waals surface area contributed by atoms with E-state index in [1.807, 2.05) is 18.2 Å². The molecule has 3 heteroatoms. The van der Waals surface area contributed by atoms with Gasteiger partial charge in [0.15, 0.2) is 0 Å². The van der Waals surface area contributed by atoms with Gasteiger partial charge in [0.05, 0.1) is 6.61 Å². The van der Waals surface area contributed by atoms with Crippen molar-refractivity contribution in [2.75, 3.05) is 25.1 Å². The molecule has 0 bridgehead atoms. The van der Waals surface area contributed by atoms with Gasteiger partial charge in [0.2, 0.25) is 0 Å². The van der Waals surface area contributed by atoms with Gasteiger partial charge in [-0.15, -0.1) is 0 Å². The molecule has 2 rings (SSSR count). The van der Waals surface area contributed by atoms with Crippen LogP contribution in [0.4, 0.5) is 5.69 Å². The number of hydrogen-bond donors (Lipinski definition) is 2. The number of hydrogen-bond acceptors (Lipinski definition) is 3. The molecule has 88 valence electrons. The Kier molecular flexibility index (Phi) is 4.19. The van der Waals surface area contributed by atoms with Crippen molar-refractivity contribution in [2.45, 2.75) is 18.9 Å². The average Bonchev–Trinajstić information content (AvgIpc) is 2.38. The van der Waals surface area contributed by atoms with Crippen molar-refractivity contribution in [3.63, 3.8) is 0 Å². The number of nitrogens with one attached hydrogen (secondary N) is 1. The van der Waals surface area contributed by atoms with Gasteiger partial charge in [-0.3, -0.25) is 0 Å². The maximum atomic E-state index is 5.83. The molecule has 0 aliphatic carbocycles. The molecule has 0 saturated carbocycles. The predicted molar refractivity (Wildman–Crippen MR) is 66.5 cm³/mol. The fourth-order valence-corrected chi connectivity index (χ4v) is 2.20. The molecule has 3 nitrogen and oxygen atoms in total. The van der Waals surface area contributed by atoms with Gasteiger partial charge >= 0.3 is 0 Å². The van der Waals surface area contributed by atoms with E-state index in [0.717, 1.165) is 25.3 Å². The summed E-state index contributed by atoms with van der Waals surface area (Å²) in [5.41, 5.74) is 6.98. The minimum Gasteiger partial charge on any atom is -0.381 e. The minimum absolute atomic E-state index is 0.322. The Morgan fingerprint density at radius 1 is 1.38 bits per heavy atom. The smallest absolute Gasteiger partial charge is 0.0514 e. The lowest BCUT2D eigenvalue weighted by atomic mass is 9.93. The summed E-state index contributed by atoms with van der Waals surface area (Å²) in [4.78, 5) is 0. The Labute approximate surface area is 97.0 Å². The zero-order chi connectivity index (χ0) is 11.2. The first-order valence-corrected chi connectivity index (χ1v) is 5.99. The van der Waals surface area contributed by atoms with E-state index in [0.29, 0.717) is 18.5 Å². The molecule has 1 aliphatic heterocycles. The van der Waals surface area contributed by atoms with E-state index in [1.54, 1.807) is 0 Å². The van der Waals surface area contributed by atoms with Gasteiger partial charge in [0.25, 0.3) is 0 Å². The van der Waals surface area contributed by atoms with E-state index in [-0.39, 0.29) is 0 Å². The highest BCUT2D eigenvalue weighted by Crippen LogP contribution is 2.20. The Morgan fingerprint density at radius 2 is 2.19 bits per heavy atom. The van der Waals surface area contributed by atoms with Crippen molar-refractivity contribution in [3.05, 3.63) is 30.3 Å². The first-order chi connectivity index (χ1) is 7.90. The molecule has 16 heavy (non-hydrogen) atoms. The van der Waals surface area contributed by atoms with Gasteiger partial charge in [0.1, 0.15) is 0 Å². The predicted octanol–water partition coefficient (Wildman–Crippen LogP) is 1.85. The van der Waals surface area contributed by atoms with Gasteiger partial charge in [-0.25, -0.2) is 0 Å². The van der Waals surface area contributed by atoms with Crippen LogP contribution < -0.4 is 11.1 Å². The lowest BCUT2D eigenvalue weighted by Crippen LogP contribution is -2.40. The van der Waals surface area contributed by atoms with Crippen LogP contribution in [0.5, 0.6) is 0 Å². The number of benzene rings is 1. The van der Waals surface area contributed by atoms with E-state index >= 15 is 0 Å². The van der Waals surface area contributed by atoms with E-state index in [1.165, 1.54) is 6.42 Å². The molecule has 2 atom stereocenters. The fourth-order valence-electron chi connectivity index (χ4n) is 2.20. The van der Waals surface area contributed by atoms with Crippen LogP contribution in [-0.2, 0) is 4.74 Å². The second-order valence-electron chi connectivity index (χ2n) is 4.33. The largest absolute Gasteiger partial charge is 0.381 e. The topological polar surface area (TPSA) is 47.3 Å². The van der Waals surface area contributed by atoms with Crippen molar-refractivity contribution in [1.29, 1.82) is 0 Å².